The first-order valence-electron chi connectivity index (χ1n) is 9.00. The van der Waals surface area contributed by atoms with Crippen molar-refractivity contribution in [3.8, 4) is 0 Å². The van der Waals surface area contributed by atoms with Crippen molar-refractivity contribution in [1.82, 2.24) is 9.03 Å². The number of carboxylic acids is 1. The Labute approximate surface area is 159 Å². The molecule has 0 unspecified atom stereocenters. The van der Waals surface area contributed by atoms with E-state index in [9.17, 15) is 18.3 Å². The lowest BCUT2D eigenvalue weighted by Crippen LogP contribution is -2.52. The van der Waals surface area contributed by atoms with E-state index >= 15 is 0 Å². The summed E-state index contributed by atoms with van der Waals surface area (Å²) in [6.45, 7) is 2.37. The Morgan fingerprint density at radius 3 is 2.41 bits per heavy atom. The van der Waals surface area contributed by atoms with Crippen LogP contribution in [0.3, 0.4) is 0 Å². The van der Waals surface area contributed by atoms with Crippen molar-refractivity contribution in [3.63, 3.8) is 0 Å². The first kappa shape index (κ1) is 18.2. The summed E-state index contributed by atoms with van der Waals surface area (Å²) in [5, 5.41) is 9.88. The second-order valence-electron chi connectivity index (χ2n) is 7.31. The van der Waals surface area contributed by atoms with Crippen LogP contribution < -0.4 is 4.72 Å². The van der Waals surface area contributed by atoms with Crippen molar-refractivity contribution < 1.29 is 18.3 Å². The van der Waals surface area contributed by atoms with Gasteiger partial charge < -0.3 is 5.11 Å². The average molecular weight is 386 g/mol. The van der Waals surface area contributed by atoms with Crippen LogP contribution in [0, 0.1) is 5.92 Å². The maximum absolute atomic E-state index is 13.0. The Bertz CT molecular complexity index is 976. The molecule has 7 heteroatoms. The molecule has 4 rings (SSSR count). The molecule has 0 bridgehead atoms. The molecule has 0 amide bonds. The molecule has 1 aliphatic heterocycles. The maximum Gasteiger partial charge on any atom is 0.325 e. The summed E-state index contributed by atoms with van der Waals surface area (Å²) in [5.74, 6) is -1.85. The molecule has 1 aliphatic carbocycles. The molecule has 1 heterocycles. The molecule has 3 atom stereocenters. The zero-order chi connectivity index (χ0) is 19.2. The van der Waals surface area contributed by atoms with Crippen LogP contribution >= 0.6 is 0 Å². The molecule has 0 radical (unpaired) electrons. The molecule has 2 aromatic rings. The molecule has 6 nitrogen and oxygen atoms in total. The van der Waals surface area contributed by atoms with Crippen LogP contribution in [0.25, 0.3) is 0 Å². The van der Waals surface area contributed by atoms with E-state index in [-0.39, 0.29) is 18.4 Å². The van der Waals surface area contributed by atoms with Gasteiger partial charge in [-0.25, -0.2) is 0 Å². The number of carboxylic acid groups (broad SMARTS) is 1. The van der Waals surface area contributed by atoms with Gasteiger partial charge in [0.1, 0.15) is 5.54 Å². The van der Waals surface area contributed by atoms with E-state index in [0.717, 1.165) is 16.7 Å². The lowest BCUT2D eigenvalue weighted by atomic mass is 10.0. The third kappa shape index (κ3) is 2.96. The monoisotopic (exact) mass is 386 g/mol. The maximum atomic E-state index is 13.0. The summed E-state index contributed by atoms with van der Waals surface area (Å²) in [6, 6.07) is 17.0. The summed E-state index contributed by atoms with van der Waals surface area (Å²) in [6.07, 6.45) is 0.620. The highest BCUT2D eigenvalue weighted by atomic mass is 32.2. The number of benzene rings is 2. The smallest absolute Gasteiger partial charge is 0.325 e. The van der Waals surface area contributed by atoms with E-state index in [1.165, 1.54) is 4.31 Å². The molecule has 2 aromatic carbocycles. The predicted octanol–water partition coefficient (Wildman–Crippen LogP) is 2.14. The van der Waals surface area contributed by atoms with Crippen molar-refractivity contribution in [2.75, 3.05) is 6.54 Å². The molecule has 0 aromatic heterocycles. The predicted molar refractivity (Wildman–Crippen MR) is 101 cm³/mol. The molecule has 2 N–H and O–H groups in total. The fraction of sp³-hybridized carbons (Fsp3) is 0.350. The van der Waals surface area contributed by atoms with Gasteiger partial charge in [0, 0.05) is 19.0 Å². The van der Waals surface area contributed by atoms with Gasteiger partial charge in [0.05, 0.1) is 0 Å². The standard InChI is InChI=1S/C20H22N2O4S/c1-14-18(16-8-3-2-4-9-16)20(14,19(23)24)21-27(25,26)22-12-11-15-7-5-6-10-17(15)13-22/h2-10,14,18,21H,11-13H2,1H3,(H,23,24)/t14-,18-,20+/m1/s1. The number of nitrogens with zero attached hydrogens (tertiary/aromatic N) is 1. The number of hydrogen-bond acceptors (Lipinski definition) is 3. The van der Waals surface area contributed by atoms with Crippen molar-refractivity contribution in [3.05, 3.63) is 71.3 Å². The number of hydrogen-bond donors (Lipinski definition) is 2. The Morgan fingerprint density at radius 1 is 1.11 bits per heavy atom. The Hall–Kier alpha value is -2.22. The van der Waals surface area contributed by atoms with Gasteiger partial charge in [-0.05, 0) is 29.0 Å². The van der Waals surface area contributed by atoms with E-state index in [2.05, 4.69) is 4.72 Å². The SMILES string of the molecule is C[C@@H]1[C@H](c2ccccc2)[C@]1(NS(=O)(=O)N1CCc2ccccc2C1)C(=O)O. The Morgan fingerprint density at radius 2 is 1.74 bits per heavy atom. The van der Waals surface area contributed by atoms with Gasteiger partial charge in [-0.2, -0.15) is 17.4 Å². The lowest BCUT2D eigenvalue weighted by molar-refractivity contribution is -0.140. The topological polar surface area (TPSA) is 86.7 Å². The van der Waals surface area contributed by atoms with Crippen LogP contribution in [-0.2, 0) is 28.0 Å². The van der Waals surface area contributed by atoms with Gasteiger partial charge in [-0.1, -0.05) is 61.5 Å². The molecule has 142 valence electrons. The molecule has 1 saturated carbocycles. The van der Waals surface area contributed by atoms with Crippen molar-refractivity contribution in [2.45, 2.75) is 31.3 Å². The molecule has 0 spiro atoms. The third-order valence-electron chi connectivity index (χ3n) is 5.85. The Kier molecular flexibility index (Phi) is 4.33. The lowest BCUT2D eigenvalue weighted by Gasteiger charge is -2.29. The summed E-state index contributed by atoms with van der Waals surface area (Å²) in [7, 11) is -3.94. The number of fused-ring (bicyclic) bond motifs is 1. The van der Waals surface area contributed by atoms with Crippen LogP contribution in [0.2, 0.25) is 0 Å². The number of carbonyl (C=O) groups is 1. The van der Waals surface area contributed by atoms with Gasteiger partial charge in [0.15, 0.2) is 0 Å². The summed E-state index contributed by atoms with van der Waals surface area (Å²) >= 11 is 0. The second-order valence-corrected chi connectivity index (χ2v) is 8.98. The van der Waals surface area contributed by atoms with Crippen LogP contribution in [0.4, 0.5) is 0 Å². The molecule has 1 fully saturated rings. The second kappa shape index (κ2) is 6.44. The van der Waals surface area contributed by atoms with Gasteiger partial charge in [-0.15, -0.1) is 0 Å². The zero-order valence-electron chi connectivity index (χ0n) is 15.0. The molecular weight excluding hydrogens is 364 g/mol. The fourth-order valence-electron chi connectivity index (χ4n) is 4.25. The number of aliphatic carboxylic acids is 1. The quantitative estimate of drug-likeness (QED) is 0.824. The first-order chi connectivity index (χ1) is 12.9. The van der Waals surface area contributed by atoms with Crippen LogP contribution in [0.1, 0.15) is 29.5 Å². The zero-order valence-corrected chi connectivity index (χ0v) is 15.8. The average Bonchev–Trinajstić information content (AvgIpc) is 3.26. The highest BCUT2D eigenvalue weighted by Gasteiger charge is 2.70. The van der Waals surface area contributed by atoms with Crippen LogP contribution in [0.5, 0.6) is 0 Å². The molecule has 2 aliphatic rings. The fourth-order valence-corrected chi connectivity index (χ4v) is 5.85. The van der Waals surface area contributed by atoms with Crippen molar-refractivity contribution >= 4 is 16.2 Å². The van der Waals surface area contributed by atoms with Crippen molar-refractivity contribution in [2.24, 2.45) is 5.92 Å². The third-order valence-corrected chi connectivity index (χ3v) is 7.43. The van der Waals surface area contributed by atoms with Crippen LogP contribution in [-0.4, -0.2) is 35.9 Å². The van der Waals surface area contributed by atoms with Crippen LogP contribution in [0.15, 0.2) is 54.6 Å². The molecule has 0 saturated heterocycles. The van der Waals surface area contributed by atoms with E-state index in [1.54, 1.807) is 6.92 Å². The molecule has 27 heavy (non-hydrogen) atoms. The minimum absolute atomic E-state index is 0.256. The van der Waals surface area contributed by atoms with Gasteiger partial charge in [0.25, 0.3) is 10.2 Å². The number of rotatable bonds is 5. The van der Waals surface area contributed by atoms with Gasteiger partial charge >= 0.3 is 5.97 Å². The largest absolute Gasteiger partial charge is 0.480 e. The summed E-state index contributed by atoms with van der Waals surface area (Å²) in [4.78, 5) is 12.1. The molecular formula is C20H22N2O4S. The highest BCUT2D eigenvalue weighted by Crippen LogP contribution is 2.58. The van der Waals surface area contributed by atoms with E-state index in [0.29, 0.717) is 13.0 Å². The normalized spacial score (nSPS) is 27.7. The summed E-state index contributed by atoms with van der Waals surface area (Å²) < 4.78 is 29.9. The van der Waals surface area contributed by atoms with E-state index in [1.807, 2.05) is 54.6 Å². The minimum atomic E-state index is -3.94. The van der Waals surface area contributed by atoms with Gasteiger partial charge in [-0.3, -0.25) is 4.79 Å². The summed E-state index contributed by atoms with van der Waals surface area (Å²) in [5.41, 5.74) is 1.43. The van der Waals surface area contributed by atoms with E-state index < -0.39 is 21.7 Å². The Balaban J connectivity index is 1.61. The van der Waals surface area contributed by atoms with E-state index in [4.69, 9.17) is 0 Å². The number of nitrogens with one attached hydrogen (secondary N) is 1. The highest BCUT2D eigenvalue weighted by molar-refractivity contribution is 7.87. The minimum Gasteiger partial charge on any atom is -0.480 e. The van der Waals surface area contributed by atoms with Gasteiger partial charge in [0.2, 0.25) is 0 Å². The van der Waals surface area contributed by atoms with Crippen molar-refractivity contribution in [1.29, 1.82) is 0 Å². The first-order valence-corrected chi connectivity index (χ1v) is 10.4.